The SMILES string of the molecule is CN(C#CC#CC#Cc1ccc([N+](=O)[O-])cc1)Cc1ccccc1. The van der Waals surface area contributed by atoms with Gasteiger partial charge in [0.05, 0.1) is 11.5 Å². The highest BCUT2D eigenvalue weighted by atomic mass is 16.6. The molecule has 2 aromatic rings. The molecule has 0 aliphatic heterocycles. The van der Waals surface area contributed by atoms with E-state index in [4.69, 9.17) is 0 Å². The van der Waals surface area contributed by atoms with E-state index in [1.807, 2.05) is 42.3 Å². The zero-order valence-corrected chi connectivity index (χ0v) is 13.1. The summed E-state index contributed by atoms with van der Waals surface area (Å²) in [6.45, 7) is 0.726. The van der Waals surface area contributed by atoms with E-state index in [0.717, 1.165) is 6.54 Å². The summed E-state index contributed by atoms with van der Waals surface area (Å²) in [6.07, 6.45) is 0. The van der Waals surface area contributed by atoms with E-state index in [-0.39, 0.29) is 5.69 Å². The zero-order valence-electron chi connectivity index (χ0n) is 13.1. The van der Waals surface area contributed by atoms with E-state index >= 15 is 0 Å². The number of hydrogen-bond acceptors (Lipinski definition) is 3. The molecule has 0 aliphatic carbocycles. The van der Waals surface area contributed by atoms with Crippen LogP contribution in [0.15, 0.2) is 54.6 Å². The Balaban J connectivity index is 1.89. The van der Waals surface area contributed by atoms with Crippen LogP contribution in [0.1, 0.15) is 11.1 Å². The van der Waals surface area contributed by atoms with Crippen molar-refractivity contribution in [3.63, 3.8) is 0 Å². The first kappa shape index (κ1) is 16.7. The summed E-state index contributed by atoms with van der Waals surface area (Å²) in [5, 5.41) is 10.5. The Kier molecular flexibility index (Phi) is 6.04. The number of nitro groups is 1. The number of hydrogen-bond donors (Lipinski definition) is 0. The van der Waals surface area contributed by atoms with Crippen molar-refractivity contribution in [2.75, 3.05) is 7.05 Å². The number of nitro benzene ring substituents is 1. The van der Waals surface area contributed by atoms with E-state index in [9.17, 15) is 10.1 Å². The second-order valence-electron chi connectivity index (χ2n) is 4.88. The molecule has 0 N–H and O–H groups in total. The van der Waals surface area contributed by atoms with Gasteiger partial charge in [0, 0.05) is 42.6 Å². The minimum absolute atomic E-state index is 0.0407. The van der Waals surface area contributed by atoms with Gasteiger partial charge in [0.15, 0.2) is 0 Å². The summed E-state index contributed by atoms with van der Waals surface area (Å²) >= 11 is 0. The maximum absolute atomic E-state index is 10.5. The van der Waals surface area contributed by atoms with Crippen molar-refractivity contribution in [1.29, 1.82) is 0 Å². The van der Waals surface area contributed by atoms with Crippen LogP contribution in [0, 0.1) is 45.8 Å². The van der Waals surface area contributed by atoms with Gasteiger partial charge in [0.1, 0.15) is 0 Å². The van der Waals surface area contributed by atoms with E-state index in [1.165, 1.54) is 17.7 Å². The molecule has 0 aliphatic rings. The molecule has 4 nitrogen and oxygen atoms in total. The standard InChI is InChI=1S/C20H14N2O2/c1-21(17-19-10-6-4-7-11-19)16-8-3-2-5-9-18-12-14-20(15-13-18)22(23)24/h4,6-7,10-15H,17H2,1H3. The molecule has 116 valence electrons. The van der Waals surface area contributed by atoms with Crippen LogP contribution < -0.4 is 0 Å². The monoisotopic (exact) mass is 314 g/mol. The lowest BCUT2D eigenvalue weighted by atomic mass is 10.2. The van der Waals surface area contributed by atoms with Crippen molar-refractivity contribution in [3.05, 3.63) is 75.8 Å². The summed E-state index contributed by atoms with van der Waals surface area (Å²) in [7, 11) is 1.89. The molecule has 2 rings (SSSR count). The third kappa shape index (κ3) is 5.60. The quantitative estimate of drug-likeness (QED) is 0.379. The minimum atomic E-state index is -0.446. The number of benzene rings is 2. The highest BCUT2D eigenvalue weighted by molar-refractivity contribution is 5.45. The molecule has 4 heteroatoms. The molecule has 0 bridgehead atoms. The van der Waals surface area contributed by atoms with Gasteiger partial charge in [-0.1, -0.05) is 36.3 Å². The fraction of sp³-hybridized carbons (Fsp3) is 0.100. The van der Waals surface area contributed by atoms with Gasteiger partial charge in [0.2, 0.25) is 0 Å². The van der Waals surface area contributed by atoms with Crippen LogP contribution in [-0.2, 0) is 6.54 Å². The first-order valence-corrected chi connectivity index (χ1v) is 7.16. The van der Waals surface area contributed by atoms with Crippen molar-refractivity contribution in [2.45, 2.75) is 6.54 Å². The maximum atomic E-state index is 10.5. The first-order chi connectivity index (χ1) is 11.6. The summed E-state index contributed by atoms with van der Waals surface area (Å²) in [4.78, 5) is 12.0. The number of non-ortho nitro benzene ring substituents is 1. The van der Waals surface area contributed by atoms with E-state index in [1.54, 1.807) is 12.1 Å². The van der Waals surface area contributed by atoms with Crippen LogP contribution in [0.2, 0.25) is 0 Å². The summed E-state index contributed by atoms with van der Waals surface area (Å²) in [5.41, 5.74) is 1.89. The van der Waals surface area contributed by atoms with Crippen LogP contribution in [0.4, 0.5) is 5.69 Å². The van der Waals surface area contributed by atoms with Crippen LogP contribution in [0.3, 0.4) is 0 Å². The summed E-state index contributed by atoms with van der Waals surface area (Å²) in [6, 6.07) is 19.0. The second-order valence-corrected chi connectivity index (χ2v) is 4.88. The normalized spacial score (nSPS) is 8.54. The van der Waals surface area contributed by atoms with Crippen molar-refractivity contribution in [1.82, 2.24) is 4.90 Å². The Morgan fingerprint density at radius 3 is 2.29 bits per heavy atom. The molecule has 0 saturated heterocycles. The highest BCUT2D eigenvalue weighted by Crippen LogP contribution is 2.10. The molecule has 0 spiro atoms. The summed E-state index contributed by atoms with van der Waals surface area (Å²) in [5.74, 6) is 13.5. The molecule has 0 heterocycles. The molecule has 0 aromatic heterocycles. The Labute approximate surface area is 141 Å². The molecule has 0 fully saturated rings. The Morgan fingerprint density at radius 1 is 0.958 bits per heavy atom. The molecule has 0 saturated carbocycles. The van der Waals surface area contributed by atoms with Crippen LogP contribution >= 0.6 is 0 Å². The van der Waals surface area contributed by atoms with Gasteiger partial charge < -0.3 is 4.90 Å². The van der Waals surface area contributed by atoms with Crippen molar-refractivity contribution >= 4 is 5.69 Å². The number of nitrogens with zero attached hydrogens (tertiary/aromatic N) is 2. The topological polar surface area (TPSA) is 46.4 Å². The van der Waals surface area contributed by atoms with Gasteiger partial charge in [-0.05, 0) is 29.5 Å². The lowest BCUT2D eigenvalue weighted by molar-refractivity contribution is -0.384. The van der Waals surface area contributed by atoms with Gasteiger partial charge >= 0.3 is 0 Å². The van der Waals surface area contributed by atoms with Crippen molar-refractivity contribution in [2.24, 2.45) is 0 Å². The molecular weight excluding hydrogens is 300 g/mol. The average Bonchev–Trinajstić information content (AvgIpc) is 2.59. The fourth-order valence-corrected chi connectivity index (χ4v) is 1.85. The Bertz CT molecular complexity index is 884. The molecule has 0 unspecified atom stereocenters. The van der Waals surface area contributed by atoms with Crippen LogP contribution in [0.25, 0.3) is 0 Å². The van der Waals surface area contributed by atoms with E-state index in [0.29, 0.717) is 5.56 Å². The third-order valence-corrected chi connectivity index (χ3v) is 2.98. The fourth-order valence-electron chi connectivity index (χ4n) is 1.85. The van der Waals surface area contributed by atoms with Gasteiger partial charge in [-0.3, -0.25) is 10.1 Å². The average molecular weight is 314 g/mol. The van der Waals surface area contributed by atoms with Gasteiger partial charge in [0.25, 0.3) is 5.69 Å². The van der Waals surface area contributed by atoms with Crippen LogP contribution in [-0.4, -0.2) is 16.9 Å². The molecule has 0 amide bonds. The zero-order chi connectivity index (χ0) is 17.2. The van der Waals surface area contributed by atoms with Gasteiger partial charge in [-0.15, -0.1) is 0 Å². The van der Waals surface area contributed by atoms with Gasteiger partial charge in [-0.25, -0.2) is 0 Å². The molecule has 0 atom stereocenters. The molecule has 0 radical (unpaired) electrons. The van der Waals surface area contributed by atoms with Crippen LogP contribution in [0.5, 0.6) is 0 Å². The molecule has 2 aromatic carbocycles. The maximum Gasteiger partial charge on any atom is 0.269 e. The Hall–Kier alpha value is -3.68. The lowest BCUT2D eigenvalue weighted by Crippen LogP contribution is -2.10. The predicted octanol–water partition coefficient (Wildman–Crippen LogP) is 3.04. The molecule has 24 heavy (non-hydrogen) atoms. The van der Waals surface area contributed by atoms with Crippen molar-refractivity contribution in [3.8, 4) is 35.6 Å². The smallest absolute Gasteiger partial charge is 0.269 e. The highest BCUT2D eigenvalue weighted by Gasteiger charge is 2.01. The Morgan fingerprint density at radius 2 is 1.62 bits per heavy atom. The van der Waals surface area contributed by atoms with Crippen molar-refractivity contribution < 1.29 is 4.92 Å². The lowest BCUT2D eigenvalue weighted by Gasteiger charge is -2.09. The predicted molar refractivity (Wildman–Crippen MR) is 93.4 cm³/mol. The molecular formula is C20H14N2O2. The number of rotatable bonds is 3. The van der Waals surface area contributed by atoms with Gasteiger partial charge in [-0.2, -0.15) is 0 Å². The minimum Gasteiger partial charge on any atom is -0.330 e. The third-order valence-electron chi connectivity index (χ3n) is 2.98. The first-order valence-electron chi connectivity index (χ1n) is 7.16. The van der Waals surface area contributed by atoms with E-state index in [2.05, 4.69) is 35.6 Å². The largest absolute Gasteiger partial charge is 0.330 e. The van der Waals surface area contributed by atoms with E-state index < -0.39 is 4.92 Å². The summed E-state index contributed by atoms with van der Waals surface area (Å²) < 4.78 is 0. The second kappa shape index (κ2) is 8.69.